The van der Waals surface area contributed by atoms with E-state index in [2.05, 4.69) is 5.32 Å². The van der Waals surface area contributed by atoms with Crippen molar-refractivity contribution < 1.29 is 23.9 Å². The van der Waals surface area contributed by atoms with Crippen LogP contribution in [0.1, 0.15) is 37.4 Å². The Bertz CT molecular complexity index is 1040. The molecule has 2 aromatic carbocycles. The Hall–Kier alpha value is -3.45. The van der Waals surface area contributed by atoms with Crippen LogP contribution >= 0.6 is 11.3 Å². The van der Waals surface area contributed by atoms with Gasteiger partial charge in [-0.2, -0.15) is 0 Å². The fraction of sp³-hybridized carbons (Fsp3) is 0.208. The lowest BCUT2D eigenvalue weighted by atomic mass is 10.2. The maximum Gasteiger partial charge on any atom is 0.342 e. The Morgan fingerprint density at radius 3 is 2.45 bits per heavy atom. The molecule has 6 nitrogen and oxygen atoms in total. The van der Waals surface area contributed by atoms with E-state index in [1.165, 1.54) is 18.3 Å². The first-order valence-electron chi connectivity index (χ1n) is 9.82. The van der Waals surface area contributed by atoms with Crippen LogP contribution < -0.4 is 10.1 Å². The Morgan fingerprint density at radius 2 is 1.68 bits per heavy atom. The molecule has 0 aliphatic carbocycles. The lowest BCUT2D eigenvalue weighted by Crippen LogP contribution is -2.22. The molecule has 160 valence electrons. The minimum atomic E-state index is -0.612. The van der Waals surface area contributed by atoms with Crippen LogP contribution in [0.2, 0.25) is 0 Å². The summed E-state index contributed by atoms with van der Waals surface area (Å²) in [6.45, 7) is 1.94. The topological polar surface area (TPSA) is 81.7 Å². The third kappa shape index (κ3) is 6.79. The second kappa shape index (κ2) is 11.1. The third-order valence-corrected chi connectivity index (χ3v) is 5.55. The number of rotatable bonds is 10. The number of ether oxygens (including phenoxy) is 2. The van der Waals surface area contributed by atoms with Gasteiger partial charge < -0.3 is 14.8 Å². The molecular weight excluding hydrogens is 414 g/mol. The summed E-state index contributed by atoms with van der Waals surface area (Å²) in [4.78, 5) is 37.4. The van der Waals surface area contributed by atoms with Gasteiger partial charge in [-0.15, -0.1) is 11.3 Å². The smallest absolute Gasteiger partial charge is 0.342 e. The van der Waals surface area contributed by atoms with Crippen molar-refractivity contribution in [3.05, 3.63) is 87.6 Å². The number of benzene rings is 2. The van der Waals surface area contributed by atoms with Crippen LogP contribution in [0.5, 0.6) is 5.75 Å². The van der Waals surface area contributed by atoms with E-state index in [9.17, 15) is 14.4 Å². The Balaban J connectivity index is 1.54. The van der Waals surface area contributed by atoms with Gasteiger partial charge >= 0.3 is 5.97 Å². The molecule has 3 rings (SSSR count). The summed E-state index contributed by atoms with van der Waals surface area (Å²) < 4.78 is 11.0. The maximum atomic E-state index is 12.5. The number of ketones is 1. The van der Waals surface area contributed by atoms with Crippen LogP contribution in [0.25, 0.3) is 0 Å². The van der Waals surface area contributed by atoms with Gasteiger partial charge in [-0.25, -0.2) is 4.79 Å². The second-order valence-corrected chi connectivity index (χ2v) is 7.94. The molecule has 0 unspecified atom stereocenters. The highest BCUT2D eigenvalue weighted by Crippen LogP contribution is 2.21. The van der Waals surface area contributed by atoms with Gasteiger partial charge in [0.15, 0.2) is 6.61 Å². The highest BCUT2D eigenvalue weighted by Gasteiger charge is 2.17. The number of nitrogens with one attached hydrogen (secondary N) is 1. The number of amides is 1. The number of hydrogen-bond donors (Lipinski definition) is 1. The van der Waals surface area contributed by atoms with Crippen LogP contribution in [0, 0.1) is 0 Å². The zero-order valence-electron chi connectivity index (χ0n) is 17.1. The molecule has 0 aliphatic heterocycles. The quantitative estimate of drug-likeness (QED) is 0.382. The van der Waals surface area contributed by atoms with Gasteiger partial charge in [-0.3, -0.25) is 9.59 Å². The highest BCUT2D eigenvalue weighted by atomic mass is 32.1. The van der Waals surface area contributed by atoms with Crippen LogP contribution in [0.3, 0.4) is 0 Å². The predicted octanol–water partition coefficient (Wildman–Crippen LogP) is 4.05. The van der Waals surface area contributed by atoms with Gasteiger partial charge in [0.05, 0.1) is 4.88 Å². The molecule has 1 heterocycles. The second-order valence-electron chi connectivity index (χ2n) is 6.77. The summed E-state index contributed by atoms with van der Waals surface area (Å²) in [6, 6.07) is 20.0. The minimum absolute atomic E-state index is 0.0900. The summed E-state index contributed by atoms with van der Waals surface area (Å²) in [5, 5.41) is 2.72. The zero-order chi connectivity index (χ0) is 22.1. The van der Waals surface area contributed by atoms with Crippen molar-refractivity contribution in [1.82, 2.24) is 5.32 Å². The zero-order valence-corrected chi connectivity index (χ0v) is 17.9. The first kappa shape index (κ1) is 22.2. The molecule has 3 aromatic rings. The van der Waals surface area contributed by atoms with E-state index in [-0.39, 0.29) is 23.9 Å². The van der Waals surface area contributed by atoms with Gasteiger partial charge in [0.25, 0.3) is 0 Å². The molecule has 1 N–H and O–H groups in total. The number of hydrogen-bond acceptors (Lipinski definition) is 6. The van der Waals surface area contributed by atoms with Crippen LogP contribution in [0.15, 0.2) is 66.7 Å². The average Bonchev–Trinajstić information content (AvgIpc) is 3.25. The van der Waals surface area contributed by atoms with Crippen LogP contribution in [-0.4, -0.2) is 30.8 Å². The Morgan fingerprint density at radius 1 is 0.935 bits per heavy atom. The molecular formula is C24H23NO5S. The third-order valence-electron chi connectivity index (χ3n) is 4.36. The van der Waals surface area contributed by atoms with Gasteiger partial charge in [0, 0.05) is 18.3 Å². The fourth-order valence-corrected chi connectivity index (χ4v) is 3.73. The number of carbonyl (C=O) groups is 3. The maximum absolute atomic E-state index is 12.5. The van der Waals surface area contributed by atoms with Gasteiger partial charge in [-0.1, -0.05) is 42.5 Å². The first-order chi connectivity index (χ1) is 15.0. The number of thiophene rings is 1. The van der Waals surface area contributed by atoms with Gasteiger partial charge in [0.1, 0.15) is 17.9 Å². The number of para-hydroxylation sites is 1. The molecule has 31 heavy (non-hydrogen) atoms. The molecule has 1 amide bonds. The summed E-state index contributed by atoms with van der Waals surface area (Å²) in [7, 11) is 0. The van der Waals surface area contributed by atoms with Crippen molar-refractivity contribution in [1.29, 1.82) is 0 Å². The summed E-state index contributed by atoms with van der Waals surface area (Å²) in [6.07, 6.45) is 0.642. The van der Waals surface area contributed by atoms with Crippen molar-refractivity contribution in [2.75, 3.05) is 13.2 Å². The average molecular weight is 438 g/mol. The molecule has 0 radical (unpaired) electrons. The number of esters is 1. The molecule has 0 saturated heterocycles. The predicted molar refractivity (Wildman–Crippen MR) is 119 cm³/mol. The van der Waals surface area contributed by atoms with E-state index in [4.69, 9.17) is 9.47 Å². The summed E-state index contributed by atoms with van der Waals surface area (Å²) in [5.41, 5.74) is 1.25. The van der Waals surface area contributed by atoms with E-state index in [0.29, 0.717) is 30.2 Å². The minimum Gasteiger partial charge on any atom is -0.488 e. The van der Waals surface area contributed by atoms with Crippen LogP contribution in [-0.2, 0) is 22.6 Å². The molecule has 0 spiro atoms. The first-order valence-corrected chi connectivity index (χ1v) is 10.6. The molecule has 0 saturated carbocycles. The van der Waals surface area contributed by atoms with Crippen molar-refractivity contribution in [2.45, 2.75) is 20.0 Å². The molecule has 0 aliphatic rings. The Kier molecular flexibility index (Phi) is 7.95. The molecule has 0 fully saturated rings. The van der Waals surface area contributed by atoms with E-state index < -0.39 is 5.97 Å². The number of carbonyl (C=O) groups excluding carboxylic acids is 3. The Labute approximate surface area is 184 Å². The van der Waals surface area contributed by atoms with E-state index in [0.717, 1.165) is 10.4 Å². The van der Waals surface area contributed by atoms with Crippen molar-refractivity contribution >= 4 is 29.0 Å². The van der Waals surface area contributed by atoms with E-state index in [1.54, 1.807) is 30.3 Å². The molecule has 0 bridgehead atoms. The molecule has 0 atom stereocenters. The molecule has 7 heteroatoms. The van der Waals surface area contributed by atoms with Crippen LogP contribution in [0.4, 0.5) is 0 Å². The monoisotopic (exact) mass is 437 g/mol. The van der Waals surface area contributed by atoms with Crippen molar-refractivity contribution in [2.24, 2.45) is 0 Å². The van der Waals surface area contributed by atoms with E-state index in [1.807, 2.05) is 36.4 Å². The largest absolute Gasteiger partial charge is 0.488 e. The van der Waals surface area contributed by atoms with Crippen molar-refractivity contribution in [3.63, 3.8) is 0 Å². The fourth-order valence-electron chi connectivity index (χ4n) is 2.80. The molecule has 1 aromatic heterocycles. The SMILES string of the molecule is CC(=O)NCCc1ccc(C(=O)COC(=O)c2ccccc2OCc2ccccc2)s1. The summed E-state index contributed by atoms with van der Waals surface area (Å²) >= 11 is 1.33. The van der Waals surface area contributed by atoms with E-state index >= 15 is 0 Å². The normalized spacial score (nSPS) is 10.4. The van der Waals surface area contributed by atoms with Crippen molar-refractivity contribution in [3.8, 4) is 5.75 Å². The van der Waals surface area contributed by atoms with Gasteiger partial charge in [-0.05, 0) is 36.2 Å². The number of Topliss-reactive ketones (excluding diaryl/α,β-unsaturated/α-hetero) is 1. The van der Waals surface area contributed by atoms with Gasteiger partial charge in [0.2, 0.25) is 11.7 Å². The lowest BCUT2D eigenvalue weighted by molar-refractivity contribution is -0.118. The lowest BCUT2D eigenvalue weighted by Gasteiger charge is -2.11. The summed E-state index contributed by atoms with van der Waals surface area (Å²) in [5.74, 6) is -0.570. The standard InChI is InChI=1S/C24H23NO5S/c1-17(26)25-14-13-19-11-12-23(31-19)21(27)16-30-24(28)20-9-5-6-10-22(20)29-15-18-7-3-2-4-8-18/h2-12H,13-16H2,1H3,(H,25,26). The highest BCUT2D eigenvalue weighted by molar-refractivity contribution is 7.14.